The van der Waals surface area contributed by atoms with Crippen LogP contribution in [0.4, 0.5) is 0 Å². The second kappa shape index (κ2) is 7.96. The smallest absolute Gasteiger partial charge is 0.0973 e. The van der Waals surface area contributed by atoms with Crippen LogP contribution in [0.15, 0.2) is 12.7 Å². The van der Waals surface area contributed by atoms with Crippen molar-refractivity contribution in [2.24, 2.45) is 0 Å². The summed E-state index contributed by atoms with van der Waals surface area (Å²) in [5.74, 6) is 0.961. The van der Waals surface area contributed by atoms with Crippen LogP contribution in [0.3, 0.4) is 0 Å². The van der Waals surface area contributed by atoms with Gasteiger partial charge in [0.25, 0.3) is 0 Å². The lowest BCUT2D eigenvalue weighted by atomic mass is 8.57. The number of aliphatic hydroxyl groups is 1. The van der Waals surface area contributed by atoms with Crippen LogP contribution in [0.5, 0.6) is 0 Å². The average Bonchev–Trinajstić information content (AvgIpc) is 2.99. The molecule has 1 nitrogen and oxygen atoms in total. The molecule has 0 saturated carbocycles. The van der Waals surface area contributed by atoms with E-state index in [2.05, 4.69) is 6.58 Å². The number of rotatable bonds is 9. The highest BCUT2D eigenvalue weighted by molar-refractivity contribution is 8.01. The lowest BCUT2D eigenvalue weighted by Crippen LogP contribution is -2.63. The van der Waals surface area contributed by atoms with Crippen LogP contribution < -0.4 is 0 Å². The molecule has 11 heteroatoms. The van der Waals surface area contributed by atoms with E-state index in [4.69, 9.17) is 43.8 Å². The van der Waals surface area contributed by atoms with Crippen molar-refractivity contribution in [1.82, 2.24) is 0 Å². The zero-order valence-corrected chi connectivity index (χ0v) is 11.5. The summed E-state index contributed by atoms with van der Waals surface area (Å²) in [6.07, 6.45) is 2.91. The molecule has 1 aliphatic rings. The van der Waals surface area contributed by atoms with Crippen LogP contribution in [-0.2, 0) is 0 Å². The largest absolute Gasteiger partial charge is 0.396 e. The second-order valence-corrected chi connectivity index (χ2v) is 5.60. The molecule has 0 aromatic carbocycles. The van der Waals surface area contributed by atoms with Crippen LogP contribution in [0.1, 0.15) is 19.3 Å². The molecule has 19 heavy (non-hydrogen) atoms. The Kier molecular flexibility index (Phi) is 7.29. The Bertz CT molecular complexity index is 287. The van der Waals surface area contributed by atoms with Gasteiger partial charge < -0.3 is 5.11 Å². The Labute approximate surface area is 126 Å². The maximum Gasteiger partial charge on any atom is 0.0973 e. The maximum absolute atomic E-state index is 8.96. The quantitative estimate of drug-likeness (QED) is 0.369. The molecule has 1 N–H and O–H groups in total. The first-order valence-corrected chi connectivity index (χ1v) is 6.95. The summed E-state index contributed by atoms with van der Waals surface area (Å²) >= 11 is 0. The fraction of sp³-hybridized carbons (Fsp3) is 0.750. The molecule has 0 aliphatic carbocycles. The molecule has 0 aromatic heterocycles. The van der Waals surface area contributed by atoms with Crippen LogP contribution in [0, 0.1) is 0 Å². The van der Waals surface area contributed by atoms with E-state index in [1.807, 2.05) is 6.08 Å². The highest BCUT2D eigenvalue weighted by Crippen LogP contribution is 2.56. The van der Waals surface area contributed by atoms with Gasteiger partial charge in [0, 0.05) is 70.8 Å². The van der Waals surface area contributed by atoms with Gasteiger partial charge in [0.1, 0.15) is 0 Å². The second-order valence-electron chi connectivity index (χ2n) is 5.60. The van der Waals surface area contributed by atoms with Gasteiger partial charge in [0.2, 0.25) is 0 Å². The van der Waals surface area contributed by atoms with E-state index in [1.54, 1.807) is 0 Å². The van der Waals surface area contributed by atoms with E-state index in [0.717, 1.165) is 19.3 Å². The third-order valence-electron chi connectivity index (χ3n) is 4.31. The zero-order chi connectivity index (χ0) is 14.6. The van der Waals surface area contributed by atoms with Crippen molar-refractivity contribution < 1.29 is 5.11 Å². The van der Waals surface area contributed by atoms with E-state index in [0.29, 0.717) is 18.2 Å². The summed E-state index contributed by atoms with van der Waals surface area (Å²) in [6.45, 7) is 4.31. The molecule has 1 aliphatic heterocycles. The fourth-order valence-electron chi connectivity index (χ4n) is 3.33. The molecule has 0 bridgehead atoms. The Hall–Kier alpha value is 0.349. The topological polar surface area (TPSA) is 20.2 Å². The molecule has 0 spiro atoms. The third-order valence-corrected chi connectivity index (χ3v) is 4.31. The predicted molar refractivity (Wildman–Crippen MR) is 96.2 cm³/mol. The van der Waals surface area contributed by atoms with Gasteiger partial charge in [-0.3, -0.25) is 0 Å². The highest BCUT2D eigenvalue weighted by atomic mass is 16.2. The number of aliphatic hydroxyl groups excluding tert-OH is 1. The van der Waals surface area contributed by atoms with Gasteiger partial charge in [-0.15, -0.1) is 6.58 Å². The molecule has 82 valence electrons. The summed E-state index contributed by atoms with van der Waals surface area (Å²) in [5, 5.41) is 8.96. The van der Waals surface area contributed by atoms with E-state index >= 15 is 0 Å². The molecule has 1 saturated heterocycles. The van der Waals surface area contributed by atoms with Gasteiger partial charge in [-0.05, 0) is 12.8 Å². The molecule has 1 heterocycles. The van der Waals surface area contributed by atoms with E-state index < -0.39 is 19.2 Å². The summed E-state index contributed by atoms with van der Waals surface area (Å²) < 4.78 is 0. The van der Waals surface area contributed by atoms with Crippen LogP contribution in [-0.4, -0.2) is 82.5 Å². The van der Waals surface area contributed by atoms with Crippen LogP contribution >= 0.6 is 0 Å². The molecule has 10 radical (unpaired) electrons. The van der Waals surface area contributed by atoms with Crippen molar-refractivity contribution >= 4 is 70.8 Å². The van der Waals surface area contributed by atoms with Crippen molar-refractivity contribution in [2.75, 3.05) is 6.61 Å². The summed E-state index contributed by atoms with van der Waals surface area (Å²) in [4.78, 5) is 0. The number of allylic oxidation sites excluding steroid dienone is 1. The number of hydrogen-bond donors (Lipinski definition) is 1. The SMILES string of the molecule is [B]B([B])B([B])B(B([B])[B])B1C(CC=C)C1CCCO. The van der Waals surface area contributed by atoms with Gasteiger partial charge in [-0.2, -0.15) is 0 Å². The standard InChI is InChI=1S/C8H14B10O/c1-2-4-7-8(5-3-6-19)14(7)18(16(11)12)17(13)15(9)10/h2,7-8,19H,1,3-6H2. The van der Waals surface area contributed by atoms with Crippen molar-refractivity contribution in [3.63, 3.8) is 0 Å². The first-order valence-electron chi connectivity index (χ1n) is 6.95. The Morgan fingerprint density at radius 2 is 1.74 bits per heavy atom. The lowest BCUT2D eigenvalue weighted by molar-refractivity contribution is 0.284. The molecule has 2 unspecified atom stereocenters. The zero-order valence-electron chi connectivity index (χ0n) is 11.5. The number of hydrogen-bond acceptors (Lipinski definition) is 1. The summed E-state index contributed by atoms with van der Waals surface area (Å²) in [6, 6.07) is 0. The van der Waals surface area contributed by atoms with Gasteiger partial charge in [-0.25, -0.2) is 0 Å². The maximum atomic E-state index is 8.96. The van der Waals surface area contributed by atoms with Gasteiger partial charge in [0.15, 0.2) is 0 Å². The van der Waals surface area contributed by atoms with Crippen LogP contribution in [0.2, 0.25) is 11.6 Å². The summed E-state index contributed by atoms with van der Waals surface area (Å²) in [7, 11) is 29.2. The summed E-state index contributed by atoms with van der Waals surface area (Å²) in [5.41, 5.74) is 0. The van der Waals surface area contributed by atoms with Gasteiger partial charge >= 0.3 is 0 Å². The molecule has 0 aromatic rings. The van der Waals surface area contributed by atoms with E-state index in [1.165, 1.54) is 0 Å². The van der Waals surface area contributed by atoms with Gasteiger partial charge in [-0.1, -0.05) is 24.1 Å². The van der Waals surface area contributed by atoms with Crippen molar-refractivity contribution in [1.29, 1.82) is 0 Å². The lowest BCUT2D eigenvalue weighted by Gasteiger charge is -2.26. The Morgan fingerprint density at radius 3 is 2.16 bits per heavy atom. The molecular weight excluding hydrogens is 220 g/mol. The molecule has 2 atom stereocenters. The van der Waals surface area contributed by atoms with Gasteiger partial charge in [0.05, 0.1) is 6.60 Å². The highest BCUT2D eigenvalue weighted by Gasteiger charge is 2.56. The molecular formula is C8H14B10O. The minimum absolute atomic E-state index is 0.0892. The first kappa shape index (κ1) is 17.4. The minimum Gasteiger partial charge on any atom is -0.396 e. The molecule has 0 amide bonds. The monoisotopic (exact) mass is 236 g/mol. The minimum atomic E-state index is -0.622. The fourth-order valence-corrected chi connectivity index (χ4v) is 3.33. The average molecular weight is 234 g/mol. The van der Waals surface area contributed by atoms with E-state index in [9.17, 15) is 0 Å². The Balaban J connectivity index is 2.74. The third kappa shape index (κ3) is 4.41. The van der Waals surface area contributed by atoms with Crippen LogP contribution in [0.25, 0.3) is 0 Å². The van der Waals surface area contributed by atoms with Crippen molar-refractivity contribution in [3.05, 3.63) is 12.7 Å². The predicted octanol–water partition coefficient (Wildman–Crippen LogP) is -1.80. The van der Waals surface area contributed by atoms with Crippen molar-refractivity contribution in [3.8, 4) is 0 Å². The molecule has 1 rings (SSSR count). The van der Waals surface area contributed by atoms with E-state index in [-0.39, 0.29) is 13.0 Å². The normalized spacial score (nSPS) is 20.8. The molecule has 1 fully saturated rings. The Morgan fingerprint density at radius 1 is 1.11 bits per heavy atom. The van der Waals surface area contributed by atoms with Crippen molar-refractivity contribution in [2.45, 2.75) is 30.9 Å². The first-order chi connectivity index (χ1) is 8.95.